The minimum Gasteiger partial charge on any atom is -0.273 e. The molecule has 0 aromatic heterocycles. The number of rotatable bonds is 6. The van der Waals surface area contributed by atoms with E-state index < -0.39 is 26.0 Å². The molecule has 2 aromatic carbocycles. The molecule has 0 aliphatic carbocycles. The Labute approximate surface area is 159 Å². The van der Waals surface area contributed by atoms with Gasteiger partial charge in [-0.2, -0.15) is 0 Å². The summed E-state index contributed by atoms with van der Waals surface area (Å²) >= 11 is 0. The molecule has 27 heavy (non-hydrogen) atoms. The third kappa shape index (κ3) is 4.20. The standard InChI is InChI=1S/C18H20N2O5S2/c1-14-7-8-16(20-18(21)10-12-26(20,22)23)13-17(14)27(24,25)19-11-9-15-5-3-2-4-6-15/h2-8,13,19H,9-12H2,1H3. The topological polar surface area (TPSA) is 101 Å². The van der Waals surface area contributed by atoms with Crippen LogP contribution >= 0.6 is 0 Å². The van der Waals surface area contributed by atoms with Crippen LogP contribution in [0.4, 0.5) is 5.69 Å². The maximum absolute atomic E-state index is 12.7. The van der Waals surface area contributed by atoms with Crippen molar-refractivity contribution in [3.8, 4) is 0 Å². The summed E-state index contributed by atoms with van der Waals surface area (Å²) in [5.41, 5.74) is 1.51. The predicted octanol–water partition coefficient (Wildman–Crippen LogP) is 1.58. The van der Waals surface area contributed by atoms with E-state index >= 15 is 0 Å². The van der Waals surface area contributed by atoms with Gasteiger partial charge in [-0.3, -0.25) is 4.79 Å². The van der Waals surface area contributed by atoms with E-state index in [1.807, 2.05) is 30.3 Å². The van der Waals surface area contributed by atoms with Gasteiger partial charge in [0.25, 0.3) is 0 Å². The maximum Gasteiger partial charge on any atom is 0.242 e. The van der Waals surface area contributed by atoms with Gasteiger partial charge in [-0.1, -0.05) is 36.4 Å². The Morgan fingerprint density at radius 2 is 1.81 bits per heavy atom. The third-order valence-corrected chi connectivity index (χ3v) is 7.62. The van der Waals surface area contributed by atoms with Crippen LogP contribution in [0.3, 0.4) is 0 Å². The molecular weight excluding hydrogens is 388 g/mol. The van der Waals surface area contributed by atoms with Crippen molar-refractivity contribution in [3.63, 3.8) is 0 Å². The van der Waals surface area contributed by atoms with Gasteiger partial charge in [0.15, 0.2) is 0 Å². The van der Waals surface area contributed by atoms with Gasteiger partial charge in [-0.25, -0.2) is 25.9 Å². The van der Waals surface area contributed by atoms with Gasteiger partial charge >= 0.3 is 0 Å². The van der Waals surface area contributed by atoms with Crippen molar-refractivity contribution in [2.45, 2.75) is 24.7 Å². The van der Waals surface area contributed by atoms with Crippen molar-refractivity contribution in [1.82, 2.24) is 4.72 Å². The minimum atomic E-state index is -3.85. The maximum atomic E-state index is 12.7. The second-order valence-corrected chi connectivity index (χ2v) is 9.98. The van der Waals surface area contributed by atoms with E-state index in [-0.39, 0.29) is 29.3 Å². The molecule has 0 unspecified atom stereocenters. The first-order chi connectivity index (χ1) is 12.7. The quantitative estimate of drug-likeness (QED) is 0.782. The molecule has 3 rings (SSSR count). The summed E-state index contributed by atoms with van der Waals surface area (Å²) in [5, 5.41) is 0. The van der Waals surface area contributed by atoms with Crippen LogP contribution in [0.5, 0.6) is 0 Å². The second kappa shape index (κ2) is 7.41. The van der Waals surface area contributed by atoms with Crippen LogP contribution in [0, 0.1) is 6.92 Å². The first-order valence-corrected chi connectivity index (χ1v) is 11.5. The molecular formula is C18H20N2O5S2. The van der Waals surface area contributed by atoms with E-state index in [0.29, 0.717) is 16.3 Å². The highest BCUT2D eigenvalue weighted by molar-refractivity contribution is 7.94. The van der Waals surface area contributed by atoms with Crippen LogP contribution in [0.25, 0.3) is 0 Å². The molecule has 144 valence electrons. The Morgan fingerprint density at radius 3 is 2.44 bits per heavy atom. The number of carbonyl (C=O) groups excluding carboxylic acids is 1. The number of amides is 1. The number of benzene rings is 2. The zero-order chi connectivity index (χ0) is 19.7. The number of anilines is 1. The summed E-state index contributed by atoms with van der Waals surface area (Å²) in [5.74, 6) is -0.823. The molecule has 1 aliphatic heterocycles. The molecule has 0 spiro atoms. The molecule has 7 nitrogen and oxygen atoms in total. The summed E-state index contributed by atoms with van der Waals surface area (Å²) in [4.78, 5) is 11.9. The lowest BCUT2D eigenvalue weighted by atomic mass is 10.2. The average molecular weight is 409 g/mol. The van der Waals surface area contributed by atoms with Gasteiger partial charge < -0.3 is 0 Å². The Bertz CT molecular complexity index is 1060. The van der Waals surface area contributed by atoms with Crippen LogP contribution in [0.2, 0.25) is 0 Å². The molecule has 9 heteroatoms. The Hall–Kier alpha value is -2.23. The number of hydrogen-bond donors (Lipinski definition) is 1. The average Bonchev–Trinajstić information content (AvgIpc) is 2.89. The first kappa shape index (κ1) is 19.5. The fourth-order valence-corrected chi connectivity index (χ4v) is 5.67. The molecule has 1 amide bonds. The summed E-state index contributed by atoms with van der Waals surface area (Å²) in [6.07, 6.45) is 0.422. The molecule has 2 aromatic rings. The van der Waals surface area contributed by atoms with Crippen molar-refractivity contribution >= 4 is 31.6 Å². The number of carbonyl (C=O) groups is 1. The van der Waals surface area contributed by atoms with Crippen LogP contribution in [-0.2, 0) is 31.3 Å². The zero-order valence-electron chi connectivity index (χ0n) is 14.8. The Kier molecular flexibility index (Phi) is 5.36. The van der Waals surface area contributed by atoms with Crippen molar-refractivity contribution in [2.75, 3.05) is 16.6 Å². The number of aryl methyl sites for hydroxylation is 1. The highest BCUT2D eigenvalue weighted by atomic mass is 32.2. The summed E-state index contributed by atoms with van der Waals surface area (Å²) < 4.78 is 52.8. The van der Waals surface area contributed by atoms with Gasteiger partial charge in [0.1, 0.15) is 0 Å². The van der Waals surface area contributed by atoms with Crippen LogP contribution in [0.15, 0.2) is 53.4 Å². The van der Waals surface area contributed by atoms with Crippen LogP contribution in [0.1, 0.15) is 17.5 Å². The molecule has 0 atom stereocenters. The fourth-order valence-electron chi connectivity index (χ4n) is 2.93. The second-order valence-electron chi connectivity index (χ2n) is 6.31. The van der Waals surface area contributed by atoms with E-state index in [4.69, 9.17) is 0 Å². The summed E-state index contributed by atoms with van der Waals surface area (Å²) in [6, 6.07) is 13.6. The van der Waals surface area contributed by atoms with Crippen LogP contribution < -0.4 is 9.03 Å². The van der Waals surface area contributed by atoms with Gasteiger partial charge in [0.05, 0.1) is 16.3 Å². The van der Waals surface area contributed by atoms with Crippen molar-refractivity contribution in [2.24, 2.45) is 0 Å². The molecule has 1 saturated heterocycles. The van der Waals surface area contributed by atoms with Crippen LogP contribution in [-0.4, -0.2) is 35.0 Å². The summed E-state index contributed by atoms with van der Waals surface area (Å²) in [7, 11) is -7.60. The lowest BCUT2D eigenvalue weighted by molar-refractivity contribution is -0.116. The molecule has 1 fully saturated rings. The van der Waals surface area contributed by atoms with Gasteiger partial charge in [0, 0.05) is 13.0 Å². The van der Waals surface area contributed by atoms with E-state index in [0.717, 1.165) is 5.56 Å². The molecule has 1 N–H and O–H groups in total. The number of nitrogens with zero attached hydrogens (tertiary/aromatic N) is 1. The van der Waals surface area contributed by atoms with Gasteiger partial charge in [-0.05, 0) is 36.6 Å². The van der Waals surface area contributed by atoms with E-state index in [1.165, 1.54) is 18.2 Å². The molecule has 0 bridgehead atoms. The molecule has 0 radical (unpaired) electrons. The van der Waals surface area contributed by atoms with Crippen molar-refractivity contribution < 1.29 is 21.6 Å². The Morgan fingerprint density at radius 1 is 1.11 bits per heavy atom. The van der Waals surface area contributed by atoms with E-state index in [2.05, 4.69) is 4.72 Å². The van der Waals surface area contributed by atoms with E-state index in [9.17, 15) is 21.6 Å². The Balaban J connectivity index is 1.84. The monoisotopic (exact) mass is 408 g/mol. The third-order valence-electron chi connectivity index (χ3n) is 4.32. The number of sulfonamides is 2. The predicted molar refractivity (Wildman–Crippen MR) is 102 cm³/mol. The fraction of sp³-hybridized carbons (Fsp3) is 0.278. The number of nitrogens with one attached hydrogen (secondary N) is 1. The smallest absolute Gasteiger partial charge is 0.242 e. The van der Waals surface area contributed by atoms with Gasteiger partial charge in [-0.15, -0.1) is 0 Å². The number of hydrogen-bond acceptors (Lipinski definition) is 5. The van der Waals surface area contributed by atoms with Gasteiger partial charge in [0.2, 0.25) is 26.0 Å². The SMILES string of the molecule is Cc1ccc(N2C(=O)CCS2(=O)=O)cc1S(=O)(=O)NCCc1ccccc1. The molecule has 0 saturated carbocycles. The van der Waals surface area contributed by atoms with Crippen molar-refractivity contribution in [1.29, 1.82) is 0 Å². The zero-order valence-corrected chi connectivity index (χ0v) is 16.4. The lowest BCUT2D eigenvalue weighted by Crippen LogP contribution is -2.30. The van der Waals surface area contributed by atoms with Crippen molar-refractivity contribution in [3.05, 3.63) is 59.7 Å². The minimum absolute atomic E-state index is 0.0389. The highest BCUT2D eigenvalue weighted by Crippen LogP contribution is 2.28. The van der Waals surface area contributed by atoms with E-state index in [1.54, 1.807) is 6.92 Å². The lowest BCUT2D eigenvalue weighted by Gasteiger charge is -2.17. The normalized spacial score (nSPS) is 16.6. The molecule has 1 heterocycles. The largest absolute Gasteiger partial charge is 0.273 e. The highest BCUT2D eigenvalue weighted by Gasteiger charge is 2.36. The summed E-state index contributed by atoms with van der Waals surface area (Å²) in [6.45, 7) is 1.83. The molecule has 1 aliphatic rings. The first-order valence-electron chi connectivity index (χ1n) is 8.41.